The summed E-state index contributed by atoms with van der Waals surface area (Å²) in [6.07, 6.45) is -0.734. The van der Waals surface area contributed by atoms with E-state index in [0.717, 1.165) is 12.0 Å². The van der Waals surface area contributed by atoms with Gasteiger partial charge in [0.1, 0.15) is 11.7 Å². The van der Waals surface area contributed by atoms with Crippen molar-refractivity contribution in [2.24, 2.45) is 5.92 Å². The molecule has 6 atom stereocenters. The maximum absolute atomic E-state index is 13.5. The molecule has 2 fully saturated rings. The first-order valence-electron chi connectivity index (χ1n) is 11.6. The van der Waals surface area contributed by atoms with Crippen LogP contribution in [-0.2, 0) is 19.0 Å². The van der Waals surface area contributed by atoms with Gasteiger partial charge in [-0.25, -0.2) is 14.5 Å². The molecule has 1 aromatic rings. The molecule has 0 spiro atoms. The first-order valence-corrected chi connectivity index (χ1v) is 11.6. The van der Waals surface area contributed by atoms with Gasteiger partial charge < -0.3 is 14.2 Å². The molecule has 1 aromatic carbocycles. The number of amides is 3. The van der Waals surface area contributed by atoms with Crippen LogP contribution in [0.3, 0.4) is 0 Å². The number of likely N-dealkylation sites (tertiary alicyclic amines) is 1. The van der Waals surface area contributed by atoms with Crippen LogP contribution >= 0.6 is 0 Å². The quantitative estimate of drug-likeness (QED) is 0.642. The lowest BCUT2D eigenvalue weighted by atomic mass is 9.93. The normalized spacial score (nSPS) is 27.3. The fraction of sp³-hybridized carbons (Fsp3) is 0.640. The highest BCUT2D eigenvalue weighted by Gasteiger charge is 2.49. The number of nitrogens with zero attached hydrogens (tertiary/aromatic N) is 2. The van der Waals surface area contributed by atoms with Crippen molar-refractivity contribution in [3.8, 4) is 0 Å². The topological polar surface area (TPSA) is 85.4 Å². The average molecular weight is 461 g/mol. The lowest BCUT2D eigenvalue weighted by molar-refractivity contribution is -0.139. The summed E-state index contributed by atoms with van der Waals surface area (Å²) < 4.78 is 16.9. The predicted molar refractivity (Wildman–Crippen MR) is 122 cm³/mol. The minimum absolute atomic E-state index is 0.0389. The summed E-state index contributed by atoms with van der Waals surface area (Å²) in [4.78, 5) is 42.0. The van der Waals surface area contributed by atoms with Gasteiger partial charge in [-0.1, -0.05) is 37.3 Å². The third-order valence-electron chi connectivity index (χ3n) is 6.49. The van der Waals surface area contributed by atoms with Crippen LogP contribution in [0.5, 0.6) is 0 Å². The Morgan fingerprint density at radius 2 is 1.76 bits per heavy atom. The van der Waals surface area contributed by atoms with Crippen molar-refractivity contribution in [1.82, 2.24) is 9.80 Å². The first-order chi connectivity index (χ1) is 15.5. The molecule has 3 amide bonds. The largest absolute Gasteiger partial charge is 0.444 e. The minimum Gasteiger partial charge on any atom is -0.444 e. The van der Waals surface area contributed by atoms with E-state index in [1.54, 1.807) is 18.7 Å². The second kappa shape index (κ2) is 9.71. The fourth-order valence-electron chi connectivity index (χ4n) is 4.87. The molecule has 0 aromatic heterocycles. The van der Waals surface area contributed by atoms with E-state index in [-0.39, 0.29) is 18.0 Å². The second-order valence-corrected chi connectivity index (χ2v) is 10.0. The van der Waals surface area contributed by atoms with Crippen molar-refractivity contribution in [1.29, 1.82) is 0 Å². The molecule has 0 bridgehead atoms. The van der Waals surface area contributed by atoms with Crippen LogP contribution in [0.2, 0.25) is 0 Å². The summed E-state index contributed by atoms with van der Waals surface area (Å²) >= 11 is 0. The van der Waals surface area contributed by atoms with Gasteiger partial charge in [-0.05, 0) is 53.0 Å². The Kier molecular flexibility index (Phi) is 7.36. The third kappa shape index (κ3) is 5.16. The van der Waals surface area contributed by atoms with E-state index in [9.17, 15) is 14.4 Å². The van der Waals surface area contributed by atoms with Gasteiger partial charge in [-0.2, -0.15) is 0 Å². The molecule has 182 valence electrons. The Morgan fingerprint density at radius 1 is 1.12 bits per heavy atom. The van der Waals surface area contributed by atoms with Gasteiger partial charge in [0.05, 0.1) is 24.1 Å². The van der Waals surface area contributed by atoms with E-state index >= 15 is 0 Å². The molecule has 2 saturated heterocycles. The van der Waals surface area contributed by atoms with Crippen molar-refractivity contribution >= 4 is 18.1 Å². The maximum atomic E-state index is 13.5. The van der Waals surface area contributed by atoms with E-state index in [4.69, 9.17) is 14.2 Å². The van der Waals surface area contributed by atoms with Gasteiger partial charge in [0.25, 0.3) is 0 Å². The highest BCUT2D eigenvalue weighted by atomic mass is 16.6. The Bertz CT molecular complexity index is 867. The van der Waals surface area contributed by atoms with E-state index < -0.39 is 42.0 Å². The van der Waals surface area contributed by atoms with E-state index in [2.05, 4.69) is 0 Å². The third-order valence-corrected chi connectivity index (χ3v) is 6.49. The SMILES string of the molecule is CO[C@H]([C@@H](C)C(=O)N1C(=O)O[C@@H](c2ccccc2)[C@H]1C)[C@@H]1CC[C@H](C)N1C(=O)OC(C)(C)C. The van der Waals surface area contributed by atoms with Crippen LogP contribution in [0.25, 0.3) is 0 Å². The van der Waals surface area contributed by atoms with Crippen molar-refractivity contribution in [3.05, 3.63) is 35.9 Å². The molecule has 2 heterocycles. The molecule has 0 saturated carbocycles. The van der Waals surface area contributed by atoms with E-state index in [1.807, 2.05) is 58.0 Å². The maximum Gasteiger partial charge on any atom is 0.417 e. The van der Waals surface area contributed by atoms with Crippen molar-refractivity contribution in [3.63, 3.8) is 0 Å². The number of rotatable bonds is 5. The predicted octanol–water partition coefficient (Wildman–Crippen LogP) is 4.53. The Balaban J connectivity index is 1.79. The van der Waals surface area contributed by atoms with Gasteiger partial charge in [-0.3, -0.25) is 9.69 Å². The summed E-state index contributed by atoms with van der Waals surface area (Å²) in [6, 6.07) is 8.55. The Labute approximate surface area is 196 Å². The number of benzene rings is 1. The lowest BCUT2D eigenvalue weighted by Gasteiger charge is -2.37. The number of cyclic esters (lactones) is 1. The zero-order chi connectivity index (χ0) is 24.5. The molecule has 0 unspecified atom stereocenters. The monoisotopic (exact) mass is 460 g/mol. The van der Waals surface area contributed by atoms with Gasteiger partial charge in [0.2, 0.25) is 5.91 Å². The van der Waals surface area contributed by atoms with E-state index in [1.165, 1.54) is 12.0 Å². The molecule has 0 N–H and O–H groups in total. The Hall–Kier alpha value is -2.61. The smallest absolute Gasteiger partial charge is 0.417 e. The lowest BCUT2D eigenvalue weighted by Crippen LogP contribution is -2.53. The van der Waals surface area contributed by atoms with Crippen molar-refractivity contribution < 1.29 is 28.6 Å². The number of carbonyl (C=O) groups excluding carboxylic acids is 3. The average Bonchev–Trinajstić information content (AvgIpc) is 3.26. The molecule has 33 heavy (non-hydrogen) atoms. The zero-order valence-corrected chi connectivity index (χ0v) is 20.6. The van der Waals surface area contributed by atoms with Crippen LogP contribution < -0.4 is 0 Å². The number of hydrogen-bond donors (Lipinski definition) is 0. The van der Waals surface area contributed by atoms with Gasteiger partial charge in [-0.15, -0.1) is 0 Å². The van der Waals surface area contributed by atoms with Gasteiger partial charge >= 0.3 is 12.2 Å². The fourth-order valence-corrected chi connectivity index (χ4v) is 4.87. The standard InChI is InChI=1S/C25H36N2O6/c1-15-13-14-19(26(15)24(30)33-25(4,5)6)20(31-7)16(2)22(28)27-17(3)21(32-23(27)29)18-11-9-8-10-12-18/h8-12,15-17,19-21H,13-14H2,1-7H3/t15-,16+,17+,19-,20+,21+/m0/s1. The number of methoxy groups -OCH3 is 1. The summed E-state index contributed by atoms with van der Waals surface area (Å²) in [5, 5.41) is 0. The Morgan fingerprint density at radius 3 is 2.33 bits per heavy atom. The molecule has 8 heteroatoms. The zero-order valence-electron chi connectivity index (χ0n) is 20.6. The van der Waals surface area contributed by atoms with Crippen LogP contribution in [-0.4, -0.2) is 64.8 Å². The van der Waals surface area contributed by atoms with Crippen LogP contribution in [0.15, 0.2) is 30.3 Å². The molecular weight excluding hydrogens is 424 g/mol. The van der Waals surface area contributed by atoms with Crippen molar-refractivity contribution in [2.75, 3.05) is 7.11 Å². The van der Waals surface area contributed by atoms with Crippen LogP contribution in [0.1, 0.15) is 66.1 Å². The van der Waals surface area contributed by atoms with Crippen LogP contribution in [0, 0.1) is 5.92 Å². The number of ether oxygens (including phenoxy) is 3. The molecule has 0 aliphatic carbocycles. The molecule has 2 aliphatic rings. The minimum atomic E-state index is -0.667. The molecule has 3 rings (SSSR count). The van der Waals surface area contributed by atoms with Gasteiger partial charge in [0, 0.05) is 13.2 Å². The summed E-state index contributed by atoms with van der Waals surface area (Å²) in [7, 11) is 1.53. The molecule has 8 nitrogen and oxygen atoms in total. The molecule has 2 aliphatic heterocycles. The molecule has 0 radical (unpaired) electrons. The number of imide groups is 1. The summed E-state index contributed by atoms with van der Waals surface area (Å²) in [5.74, 6) is -1.04. The van der Waals surface area contributed by atoms with Crippen molar-refractivity contribution in [2.45, 2.75) is 90.3 Å². The second-order valence-electron chi connectivity index (χ2n) is 10.0. The highest BCUT2D eigenvalue weighted by Crippen LogP contribution is 2.36. The summed E-state index contributed by atoms with van der Waals surface area (Å²) in [6.45, 7) is 11.0. The van der Waals surface area contributed by atoms with Crippen LogP contribution in [0.4, 0.5) is 9.59 Å². The highest BCUT2D eigenvalue weighted by molar-refractivity contribution is 5.95. The number of hydrogen-bond acceptors (Lipinski definition) is 6. The van der Waals surface area contributed by atoms with E-state index in [0.29, 0.717) is 6.42 Å². The summed E-state index contributed by atoms with van der Waals surface area (Å²) in [5.41, 5.74) is 0.208. The van der Waals surface area contributed by atoms with Gasteiger partial charge in [0.15, 0.2) is 0 Å². The number of carbonyl (C=O) groups is 3. The molecular formula is C25H36N2O6. The first kappa shape index (κ1) is 25.0.